The normalized spacial score (nSPS) is 12.6. The minimum absolute atomic E-state index is 0.214. The fourth-order valence-electron chi connectivity index (χ4n) is 1.53. The Morgan fingerprint density at radius 2 is 1.94 bits per heavy atom. The number of carbonyl (C=O) groups is 1. The maximum absolute atomic E-state index is 11.7. The average Bonchev–Trinajstić information content (AvgIpc) is 2.28. The molecule has 0 bridgehead atoms. The number of rotatable bonds is 8. The van der Waals surface area contributed by atoms with E-state index in [4.69, 9.17) is 0 Å². The van der Waals surface area contributed by atoms with E-state index in [0.29, 0.717) is 13.0 Å². The third-order valence-electron chi connectivity index (χ3n) is 2.66. The zero-order chi connectivity index (χ0) is 12.4. The van der Waals surface area contributed by atoms with Crippen LogP contribution in [0.25, 0.3) is 0 Å². The molecule has 0 aliphatic rings. The van der Waals surface area contributed by atoms with Crippen LogP contribution in [-0.2, 0) is 0 Å². The van der Waals surface area contributed by atoms with E-state index in [1.807, 2.05) is 13.8 Å². The van der Waals surface area contributed by atoms with Crippen molar-refractivity contribution < 1.29 is 14.3 Å². The molecule has 0 saturated carbocycles. The molecule has 0 radical (unpaired) electrons. The van der Waals surface area contributed by atoms with Crippen molar-refractivity contribution in [3.8, 4) is 0 Å². The zero-order valence-corrected chi connectivity index (χ0v) is 10.1. The van der Waals surface area contributed by atoms with Gasteiger partial charge in [-0.2, -0.15) is 0 Å². The zero-order valence-electron chi connectivity index (χ0n) is 10.1. The summed E-state index contributed by atoms with van der Waals surface area (Å²) in [6.07, 6.45) is 1.59. The van der Waals surface area contributed by atoms with Crippen molar-refractivity contribution in [3.63, 3.8) is 0 Å². The van der Waals surface area contributed by atoms with Crippen LogP contribution < -0.4 is 10.6 Å². The molecule has 0 aromatic heterocycles. The number of aliphatic hydroxyl groups is 1. The summed E-state index contributed by atoms with van der Waals surface area (Å²) in [5.41, 5.74) is 0. The SMILES string of the molecule is CCC(CC)C(O)CNC(=O)NCCCF. The summed E-state index contributed by atoms with van der Waals surface area (Å²) in [6.45, 7) is 4.16. The van der Waals surface area contributed by atoms with Gasteiger partial charge in [-0.05, 0) is 12.3 Å². The van der Waals surface area contributed by atoms with Gasteiger partial charge < -0.3 is 15.7 Å². The Morgan fingerprint density at radius 3 is 2.44 bits per heavy atom. The molecule has 0 aliphatic carbocycles. The number of alkyl halides is 1. The number of urea groups is 1. The highest BCUT2D eigenvalue weighted by atomic mass is 19.1. The van der Waals surface area contributed by atoms with E-state index in [0.717, 1.165) is 12.8 Å². The molecule has 1 atom stereocenters. The van der Waals surface area contributed by atoms with E-state index >= 15 is 0 Å². The first-order valence-corrected chi connectivity index (χ1v) is 5.91. The Kier molecular flexibility index (Phi) is 8.90. The Hall–Kier alpha value is -0.840. The molecule has 0 aromatic rings. The molecule has 0 spiro atoms. The maximum Gasteiger partial charge on any atom is 0.314 e. The first-order valence-electron chi connectivity index (χ1n) is 5.91. The molecule has 0 heterocycles. The lowest BCUT2D eigenvalue weighted by Crippen LogP contribution is -2.42. The predicted octanol–water partition coefficient (Wildman–Crippen LogP) is 1.44. The van der Waals surface area contributed by atoms with Crippen molar-refractivity contribution in [1.82, 2.24) is 10.6 Å². The van der Waals surface area contributed by atoms with Gasteiger partial charge in [0, 0.05) is 13.1 Å². The fraction of sp³-hybridized carbons (Fsp3) is 0.909. The fourth-order valence-corrected chi connectivity index (χ4v) is 1.53. The summed E-state index contributed by atoms with van der Waals surface area (Å²) >= 11 is 0. The standard InChI is InChI=1S/C11H23FN2O2/c1-3-9(4-2)10(15)8-14-11(16)13-7-5-6-12/h9-10,15H,3-8H2,1-2H3,(H2,13,14,16). The van der Waals surface area contributed by atoms with Crippen LogP contribution in [0.3, 0.4) is 0 Å². The summed E-state index contributed by atoms with van der Waals surface area (Å²) in [5.74, 6) is 0.214. The number of hydrogen-bond donors (Lipinski definition) is 3. The van der Waals surface area contributed by atoms with Gasteiger partial charge in [0.25, 0.3) is 0 Å². The summed E-state index contributed by atoms with van der Waals surface area (Å²) in [7, 11) is 0. The van der Waals surface area contributed by atoms with Crippen molar-refractivity contribution in [2.45, 2.75) is 39.2 Å². The number of carbonyl (C=O) groups excluding carboxylic acids is 1. The lowest BCUT2D eigenvalue weighted by molar-refractivity contribution is 0.103. The summed E-state index contributed by atoms with van der Waals surface area (Å²) < 4.78 is 11.7. The maximum atomic E-state index is 11.7. The molecule has 0 aliphatic heterocycles. The van der Waals surface area contributed by atoms with Crippen molar-refractivity contribution in [2.75, 3.05) is 19.8 Å². The largest absolute Gasteiger partial charge is 0.391 e. The summed E-state index contributed by atoms with van der Waals surface area (Å²) in [4.78, 5) is 11.2. The average molecular weight is 234 g/mol. The van der Waals surface area contributed by atoms with Crippen LogP contribution in [0.4, 0.5) is 9.18 Å². The van der Waals surface area contributed by atoms with E-state index in [1.165, 1.54) is 0 Å². The van der Waals surface area contributed by atoms with E-state index in [2.05, 4.69) is 10.6 Å². The molecule has 0 aromatic carbocycles. The van der Waals surface area contributed by atoms with Gasteiger partial charge in [0.05, 0.1) is 12.8 Å². The van der Waals surface area contributed by atoms with Gasteiger partial charge >= 0.3 is 6.03 Å². The van der Waals surface area contributed by atoms with Crippen molar-refractivity contribution in [2.24, 2.45) is 5.92 Å². The smallest absolute Gasteiger partial charge is 0.314 e. The van der Waals surface area contributed by atoms with Crippen LogP contribution in [0, 0.1) is 5.92 Å². The second-order valence-corrected chi connectivity index (χ2v) is 3.82. The third-order valence-corrected chi connectivity index (χ3v) is 2.66. The monoisotopic (exact) mass is 234 g/mol. The van der Waals surface area contributed by atoms with E-state index in [1.54, 1.807) is 0 Å². The number of nitrogens with one attached hydrogen (secondary N) is 2. The van der Waals surface area contributed by atoms with Gasteiger partial charge in [0.2, 0.25) is 0 Å². The van der Waals surface area contributed by atoms with Crippen LogP contribution in [0.15, 0.2) is 0 Å². The molecular weight excluding hydrogens is 211 g/mol. The highest BCUT2D eigenvalue weighted by Gasteiger charge is 2.15. The quantitative estimate of drug-likeness (QED) is 0.557. The van der Waals surface area contributed by atoms with Gasteiger partial charge in [-0.3, -0.25) is 4.39 Å². The molecule has 2 amide bonds. The molecule has 0 fully saturated rings. The Morgan fingerprint density at radius 1 is 1.31 bits per heavy atom. The van der Waals surface area contributed by atoms with Crippen molar-refractivity contribution >= 4 is 6.03 Å². The van der Waals surface area contributed by atoms with Crippen LogP contribution >= 0.6 is 0 Å². The predicted molar refractivity (Wildman–Crippen MR) is 62.1 cm³/mol. The summed E-state index contributed by atoms with van der Waals surface area (Å²) in [6, 6.07) is -0.349. The molecule has 4 nitrogen and oxygen atoms in total. The van der Waals surface area contributed by atoms with Crippen molar-refractivity contribution in [3.05, 3.63) is 0 Å². The molecule has 16 heavy (non-hydrogen) atoms. The molecule has 0 saturated heterocycles. The van der Waals surface area contributed by atoms with Crippen LogP contribution in [-0.4, -0.2) is 37.0 Å². The van der Waals surface area contributed by atoms with E-state index in [9.17, 15) is 14.3 Å². The molecular formula is C11H23FN2O2. The van der Waals surface area contributed by atoms with Gasteiger partial charge in [0.1, 0.15) is 0 Å². The van der Waals surface area contributed by atoms with Crippen LogP contribution in [0.2, 0.25) is 0 Å². The van der Waals surface area contributed by atoms with Gasteiger partial charge in [-0.1, -0.05) is 26.7 Å². The van der Waals surface area contributed by atoms with Gasteiger partial charge in [-0.15, -0.1) is 0 Å². The molecule has 0 rings (SSSR count). The highest BCUT2D eigenvalue weighted by Crippen LogP contribution is 2.11. The number of amides is 2. The molecule has 3 N–H and O–H groups in total. The minimum atomic E-state index is -0.512. The molecule has 1 unspecified atom stereocenters. The first-order chi connectivity index (χ1) is 7.65. The lowest BCUT2D eigenvalue weighted by Gasteiger charge is -2.20. The first kappa shape index (κ1) is 15.2. The second kappa shape index (κ2) is 9.39. The van der Waals surface area contributed by atoms with Gasteiger partial charge in [-0.25, -0.2) is 4.79 Å². The number of hydrogen-bond acceptors (Lipinski definition) is 2. The second-order valence-electron chi connectivity index (χ2n) is 3.82. The Bertz CT molecular complexity index is 187. The number of halogens is 1. The topological polar surface area (TPSA) is 61.4 Å². The summed E-state index contributed by atoms with van der Waals surface area (Å²) in [5, 5.41) is 14.8. The number of aliphatic hydroxyl groups excluding tert-OH is 1. The van der Waals surface area contributed by atoms with E-state index < -0.39 is 12.8 Å². The van der Waals surface area contributed by atoms with Crippen molar-refractivity contribution in [1.29, 1.82) is 0 Å². The molecule has 96 valence electrons. The molecule has 5 heteroatoms. The van der Waals surface area contributed by atoms with Crippen LogP contribution in [0.1, 0.15) is 33.1 Å². The Balaban J connectivity index is 3.65. The third kappa shape index (κ3) is 6.61. The highest BCUT2D eigenvalue weighted by molar-refractivity contribution is 5.73. The lowest BCUT2D eigenvalue weighted by atomic mass is 9.97. The Labute approximate surface area is 96.6 Å². The minimum Gasteiger partial charge on any atom is -0.391 e. The van der Waals surface area contributed by atoms with Crippen LogP contribution in [0.5, 0.6) is 0 Å². The van der Waals surface area contributed by atoms with Gasteiger partial charge in [0.15, 0.2) is 0 Å². The van der Waals surface area contributed by atoms with E-state index in [-0.39, 0.29) is 18.5 Å².